The molecule has 0 bridgehead atoms. The minimum atomic E-state index is 0.240. The lowest BCUT2D eigenvalue weighted by molar-refractivity contribution is -0.00184. The maximum absolute atomic E-state index is 5.74. The third kappa shape index (κ3) is 3.48. The number of aryl methyl sites for hydroxylation is 1. The van der Waals surface area contributed by atoms with Crippen LogP contribution in [-0.4, -0.2) is 40.4 Å². The lowest BCUT2D eigenvalue weighted by atomic mass is 9.81. The Kier molecular flexibility index (Phi) is 4.83. The van der Waals surface area contributed by atoms with E-state index in [-0.39, 0.29) is 5.41 Å². The Hall–Kier alpha value is -1.06. The molecule has 0 spiro atoms. The van der Waals surface area contributed by atoms with Crippen LogP contribution in [0.5, 0.6) is 0 Å². The van der Waals surface area contributed by atoms with Crippen molar-refractivity contribution in [3.8, 4) is 0 Å². The van der Waals surface area contributed by atoms with E-state index < -0.39 is 0 Å². The van der Waals surface area contributed by atoms with E-state index in [2.05, 4.69) is 48.5 Å². The minimum Gasteiger partial charge on any atom is -0.381 e. The fraction of sp³-hybridized carbons (Fsp3) is 0.625. The summed E-state index contributed by atoms with van der Waals surface area (Å²) in [6.45, 7) is 6.01. The van der Waals surface area contributed by atoms with Gasteiger partial charge in [0.15, 0.2) is 0 Å². The van der Waals surface area contributed by atoms with Crippen LogP contribution in [0.25, 0.3) is 0 Å². The van der Waals surface area contributed by atoms with Crippen molar-refractivity contribution in [3.63, 3.8) is 0 Å². The number of ether oxygens (including phenoxy) is 1. The second-order valence-electron chi connectivity index (χ2n) is 5.83. The lowest BCUT2D eigenvalue weighted by Gasteiger charge is -2.40. The average molecular weight is 262 g/mol. The minimum absolute atomic E-state index is 0.240. The van der Waals surface area contributed by atoms with Crippen LogP contribution in [0, 0.1) is 12.3 Å². The summed E-state index contributed by atoms with van der Waals surface area (Å²) < 4.78 is 5.74. The monoisotopic (exact) mass is 262 g/mol. The van der Waals surface area contributed by atoms with Crippen LogP contribution in [0.15, 0.2) is 24.3 Å². The van der Waals surface area contributed by atoms with E-state index in [1.54, 1.807) is 0 Å². The van der Waals surface area contributed by atoms with Gasteiger partial charge in [-0.3, -0.25) is 0 Å². The summed E-state index contributed by atoms with van der Waals surface area (Å²) >= 11 is 0. The Labute approximate surface area is 116 Å². The molecular formula is C16H26N2O. The topological polar surface area (TPSA) is 24.5 Å². The van der Waals surface area contributed by atoms with Gasteiger partial charge in [-0.1, -0.05) is 18.2 Å². The van der Waals surface area contributed by atoms with Crippen molar-refractivity contribution in [2.45, 2.75) is 19.8 Å². The van der Waals surface area contributed by atoms with Crippen molar-refractivity contribution in [2.75, 3.05) is 45.3 Å². The normalized spacial score (nSPS) is 23.3. The van der Waals surface area contributed by atoms with E-state index in [0.717, 1.165) is 26.3 Å². The van der Waals surface area contributed by atoms with Gasteiger partial charge in [0.25, 0.3) is 0 Å². The quantitative estimate of drug-likeness (QED) is 0.882. The second-order valence-corrected chi connectivity index (χ2v) is 5.83. The van der Waals surface area contributed by atoms with E-state index in [9.17, 15) is 0 Å². The SMILES string of the molecule is CNCC1(CN(C)c2ccccc2C)CCCOC1. The van der Waals surface area contributed by atoms with Crippen molar-refractivity contribution in [3.05, 3.63) is 29.8 Å². The van der Waals surface area contributed by atoms with Gasteiger partial charge < -0.3 is 15.0 Å². The zero-order valence-corrected chi connectivity index (χ0v) is 12.4. The maximum atomic E-state index is 5.74. The Morgan fingerprint density at radius 1 is 1.37 bits per heavy atom. The molecule has 1 unspecified atom stereocenters. The van der Waals surface area contributed by atoms with Gasteiger partial charge in [-0.2, -0.15) is 0 Å². The summed E-state index contributed by atoms with van der Waals surface area (Å²) in [5.41, 5.74) is 2.90. The fourth-order valence-electron chi connectivity index (χ4n) is 3.19. The van der Waals surface area contributed by atoms with Gasteiger partial charge in [-0.25, -0.2) is 0 Å². The molecule has 1 saturated heterocycles. The predicted molar refractivity (Wildman–Crippen MR) is 80.9 cm³/mol. The fourth-order valence-corrected chi connectivity index (χ4v) is 3.19. The molecule has 0 radical (unpaired) electrons. The largest absolute Gasteiger partial charge is 0.381 e. The molecule has 1 N–H and O–H groups in total. The molecule has 19 heavy (non-hydrogen) atoms. The Morgan fingerprint density at radius 2 is 2.16 bits per heavy atom. The molecule has 0 aliphatic carbocycles. The summed E-state index contributed by atoms with van der Waals surface area (Å²) in [6.07, 6.45) is 2.41. The van der Waals surface area contributed by atoms with E-state index in [4.69, 9.17) is 4.74 Å². The van der Waals surface area contributed by atoms with Gasteiger partial charge in [-0.15, -0.1) is 0 Å². The third-order valence-electron chi connectivity index (χ3n) is 4.06. The molecule has 1 heterocycles. The molecule has 0 saturated carbocycles. The zero-order chi connectivity index (χ0) is 13.7. The van der Waals surface area contributed by atoms with Gasteiger partial charge >= 0.3 is 0 Å². The molecule has 1 aromatic carbocycles. The number of nitrogens with one attached hydrogen (secondary N) is 1. The number of para-hydroxylation sites is 1. The standard InChI is InChI=1S/C16H26N2O/c1-14-7-4-5-8-15(14)18(3)12-16(11-17-2)9-6-10-19-13-16/h4-5,7-8,17H,6,9-13H2,1-3H3. The number of benzene rings is 1. The molecule has 0 aromatic heterocycles. The van der Waals surface area contributed by atoms with Crippen LogP contribution in [-0.2, 0) is 4.74 Å². The van der Waals surface area contributed by atoms with Crippen molar-refractivity contribution in [1.82, 2.24) is 5.32 Å². The molecule has 1 aromatic rings. The first-order valence-corrected chi connectivity index (χ1v) is 7.16. The number of hydrogen-bond donors (Lipinski definition) is 1. The highest BCUT2D eigenvalue weighted by molar-refractivity contribution is 5.52. The van der Waals surface area contributed by atoms with E-state index in [0.29, 0.717) is 0 Å². The Bertz CT molecular complexity index is 394. The first-order valence-electron chi connectivity index (χ1n) is 7.16. The highest BCUT2D eigenvalue weighted by Crippen LogP contribution is 2.31. The van der Waals surface area contributed by atoms with E-state index in [1.807, 2.05) is 7.05 Å². The molecule has 2 rings (SSSR count). The van der Waals surface area contributed by atoms with Gasteiger partial charge in [0.05, 0.1) is 6.61 Å². The molecular weight excluding hydrogens is 236 g/mol. The van der Waals surface area contributed by atoms with Crippen molar-refractivity contribution >= 4 is 5.69 Å². The predicted octanol–water partition coefficient (Wildman–Crippen LogP) is 2.45. The van der Waals surface area contributed by atoms with Crippen LogP contribution in [0.4, 0.5) is 5.69 Å². The van der Waals surface area contributed by atoms with Crippen LogP contribution in [0.3, 0.4) is 0 Å². The van der Waals surface area contributed by atoms with Crippen LogP contribution in [0.1, 0.15) is 18.4 Å². The number of rotatable bonds is 5. The molecule has 1 aliphatic rings. The van der Waals surface area contributed by atoms with Crippen LogP contribution < -0.4 is 10.2 Å². The van der Waals surface area contributed by atoms with Crippen molar-refractivity contribution in [1.29, 1.82) is 0 Å². The van der Waals surface area contributed by atoms with E-state index in [1.165, 1.54) is 24.1 Å². The van der Waals surface area contributed by atoms with Gasteiger partial charge in [0.2, 0.25) is 0 Å². The summed E-state index contributed by atoms with van der Waals surface area (Å²) in [4.78, 5) is 2.38. The van der Waals surface area contributed by atoms with Gasteiger partial charge in [0, 0.05) is 37.8 Å². The summed E-state index contributed by atoms with van der Waals surface area (Å²) in [7, 11) is 4.22. The summed E-state index contributed by atoms with van der Waals surface area (Å²) in [5.74, 6) is 0. The smallest absolute Gasteiger partial charge is 0.0551 e. The number of nitrogens with zero attached hydrogens (tertiary/aromatic N) is 1. The highest BCUT2D eigenvalue weighted by Gasteiger charge is 2.33. The molecule has 1 atom stereocenters. The van der Waals surface area contributed by atoms with Gasteiger partial charge in [0.1, 0.15) is 0 Å². The molecule has 0 amide bonds. The summed E-state index contributed by atoms with van der Waals surface area (Å²) in [5, 5.41) is 3.34. The summed E-state index contributed by atoms with van der Waals surface area (Å²) in [6, 6.07) is 8.58. The van der Waals surface area contributed by atoms with E-state index >= 15 is 0 Å². The molecule has 106 valence electrons. The third-order valence-corrected chi connectivity index (χ3v) is 4.06. The zero-order valence-electron chi connectivity index (χ0n) is 12.4. The Morgan fingerprint density at radius 3 is 2.79 bits per heavy atom. The number of hydrogen-bond acceptors (Lipinski definition) is 3. The van der Waals surface area contributed by atoms with Gasteiger partial charge in [-0.05, 0) is 38.4 Å². The average Bonchev–Trinajstić information content (AvgIpc) is 2.40. The first kappa shape index (κ1) is 14.4. The lowest BCUT2D eigenvalue weighted by Crippen LogP contribution is -2.47. The maximum Gasteiger partial charge on any atom is 0.0551 e. The molecule has 1 aliphatic heterocycles. The second kappa shape index (κ2) is 6.40. The van der Waals surface area contributed by atoms with Crippen molar-refractivity contribution < 1.29 is 4.74 Å². The van der Waals surface area contributed by atoms with Crippen LogP contribution in [0.2, 0.25) is 0 Å². The number of anilines is 1. The highest BCUT2D eigenvalue weighted by atomic mass is 16.5. The van der Waals surface area contributed by atoms with Crippen molar-refractivity contribution in [2.24, 2.45) is 5.41 Å². The molecule has 3 nitrogen and oxygen atoms in total. The molecule has 3 heteroatoms. The Balaban J connectivity index is 2.10. The first-order chi connectivity index (χ1) is 9.17. The van der Waals surface area contributed by atoms with Crippen LogP contribution >= 0.6 is 0 Å². The molecule has 1 fully saturated rings.